The first-order chi connectivity index (χ1) is 8.84. The van der Waals surface area contributed by atoms with Crippen LogP contribution in [0.25, 0.3) is 0 Å². The van der Waals surface area contributed by atoms with Crippen molar-refractivity contribution >= 4 is 22.1 Å². The zero-order valence-corrected chi connectivity index (χ0v) is 13.0. The monoisotopic (exact) mass is 348 g/mol. The zero-order valence-electron chi connectivity index (χ0n) is 10.6. The molecule has 0 radical (unpaired) electrons. The molecule has 1 aliphatic rings. The number of nitrogens with one attached hydrogen (secondary N) is 1. The average Bonchev–Trinajstić information content (AvgIpc) is 2.42. The highest BCUT2D eigenvalue weighted by Crippen LogP contribution is 2.08. The molecule has 0 saturated carbocycles. The lowest BCUT2D eigenvalue weighted by Gasteiger charge is -2.22. The molecule has 106 valence electrons. The highest BCUT2D eigenvalue weighted by molar-refractivity contribution is 9.10. The predicted molar refractivity (Wildman–Crippen MR) is 74.1 cm³/mol. The third-order valence-corrected chi connectivity index (χ3v) is 3.42. The summed E-state index contributed by atoms with van der Waals surface area (Å²) in [6.45, 7) is 5.50. The molecule has 1 aromatic rings. The lowest BCUT2D eigenvalue weighted by atomic mass is 10.2. The molecule has 0 aliphatic carbocycles. The van der Waals surface area contributed by atoms with Crippen molar-refractivity contribution in [1.29, 1.82) is 0 Å². The Balaban J connectivity index is 0.00000180. The van der Waals surface area contributed by atoms with Gasteiger partial charge in [0.15, 0.2) is 6.61 Å². The summed E-state index contributed by atoms with van der Waals surface area (Å²) in [6, 6.07) is 7.95. The fourth-order valence-corrected chi connectivity index (χ4v) is 2.06. The van der Waals surface area contributed by atoms with Crippen molar-refractivity contribution in [3.63, 3.8) is 0 Å². The SMILES string of the molecule is Brc1ccc(/C=N/OCC[NH+]2CCOCC2)cc1.[Cl-]. The Morgan fingerprint density at radius 2 is 1.95 bits per heavy atom. The van der Waals surface area contributed by atoms with Gasteiger partial charge in [-0.2, -0.15) is 0 Å². The van der Waals surface area contributed by atoms with Crippen molar-refractivity contribution < 1.29 is 26.9 Å². The van der Waals surface area contributed by atoms with Crippen LogP contribution in [0.4, 0.5) is 0 Å². The number of hydrogen-bond donors (Lipinski definition) is 1. The summed E-state index contributed by atoms with van der Waals surface area (Å²) in [5.41, 5.74) is 1.04. The molecule has 0 unspecified atom stereocenters. The normalized spacial score (nSPS) is 16.3. The number of ether oxygens (including phenoxy) is 1. The van der Waals surface area contributed by atoms with Crippen molar-refractivity contribution in [3.8, 4) is 0 Å². The standard InChI is InChI=1S/C13H17BrN2O2.ClH/c14-13-3-1-12(2-4-13)11-15-18-10-7-16-5-8-17-9-6-16;/h1-4,11H,5-10H2;1H/b15-11+;. The molecule has 1 saturated heterocycles. The van der Waals surface area contributed by atoms with Crippen LogP contribution in [0.5, 0.6) is 0 Å². The van der Waals surface area contributed by atoms with Gasteiger partial charge in [-0.15, -0.1) is 0 Å². The summed E-state index contributed by atoms with van der Waals surface area (Å²) in [7, 11) is 0. The number of benzene rings is 1. The van der Waals surface area contributed by atoms with E-state index in [9.17, 15) is 0 Å². The fourth-order valence-electron chi connectivity index (χ4n) is 1.80. The first-order valence-electron chi connectivity index (χ1n) is 6.17. The van der Waals surface area contributed by atoms with E-state index < -0.39 is 0 Å². The molecule has 0 atom stereocenters. The van der Waals surface area contributed by atoms with Crippen LogP contribution in [0.3, 0.4) is 0 Å². The van der Waals surface area contributed by atoms with Gasteiger partial charge in [0.05, 0.1) is 19.4 Å². The maximum Gasteiger partial charge on any atom is 0.165 e. The van der Waals surface area contributed by atoms with Gasteiger partial charge in [-0.25, -0.2) is 0 Å². The zero-order chi connectivity index (χ0) is 12.6. The molecule has 1 aromatic carbocycles. The Kier molecular flexibility index (Phi) is 8.05. The van der Waals surface area contributed by atoms with Crippen LogP contribution in [0.1, 0.15) is 5.56 Å². The van der Waals surface area contributed by atoms with Crippen molar-refractivity contribution in [1.82, 2.24) is 0 Å². The van der Waals surface area contributed by atoms with Crippen molar-refractivity contribution in [2.24, 2.45) is 5.16 Å². The lowest BCUT2D eigenvalue weighted by Crippen LogP contribution is -3.14. The van der Waals surface area contributed by atoms with E-state index in [1.165, 1.54) is 4.90 Å². The van der Waals surface area contributed by atoms with E-state index in [4.69, 9.17) is 9.57 Å². The average molecular weight is 350 g/mol. The molecule has 1 N–H and O–H groups in total. The van der Waals surface area contributed by atoms with Gasteiger partial charge < -0.3 is 26.9 Å². The number of quaternary nitrogens is 1. The molecule has 19 heavy (non-hydrogen) atoms. The van der Waals surface area contributed by atoms with Crippen LogP contribution in [0, 0.1) is 0 Å². The van der Waals surface area contributed by atoms with Crippen molar-refractivity contribution in [2.45, 2.75) is 0 Å². The maximum absolute atomic E-state index is 5.30. The molecule has 6 heteroatoms. The second kappa shape index (κ2) is 9.31. The van der Waals surface area contributed by atoms with Crippen molar-refractivity contribution in [2.75, 3.05) is 39.5 Å². The van der Waals surface area contributed by atoms with Gasteiger partial charge in [-0.3, -0.25) is 0 Å². The van der Waals surface area contributed by atoms with Gasteiger partial charge in [-0.05, 0) is 17.7 Å². The largest absolute Gasteiger partial charge is 1.00 e. The summed E-state index contributed by atoms with van der Waals surface area (Å²) in [5.74, 6) is 0. The summed E-state index contributed by atoms with van der Waals surface area (Å²) < 4.78 is 6.37. The number of halogens is 2. The van der Waals surface area contributed by atoms with E-state index in [1.54, 1.807) is 6.21 Å². The number of oxime groups is 1. The van der Waals surface area contributed by atoms with E-state index in [1.807, 2.05) is 24.3 Å². The van der Waals surface area contributed by atoms with Crippen LogP contribution in [0.15, 0.2) is 33.9 Å². The third kappa shape index (κ3) is 6.38. The van der Waals surface area contributed by atoms with Crippen LogP contribution < -0.4 is 17.3 Å². The Morgan fingerprint density at radius 3 is 2.63 bits per heavy atom. The van der Waals surface area contributed by atoms with Crippen LogP contribution in [0.2, 0.25) is 0 Å². The molecule has 4 nitrogen and oxygen atoms in total. The second-order valence-electron chi connectivity index (χ2n) is 4.23. The van der Waals surface area contributed by atoms with Crippen LogP contribution in [-0.4, -0.2) is 45.7 Å². The summed E-state index contributed by atoms with van der Waals surface area (Å²) in [5, 5.41) is 3.97. The van der Waals surface area contributed by atoms with Crippen molar-refractivity contribution in [3.05, 3.63) is 34.3 Å². The maximum atomic E-state index is 5.30. The first-order valence-corrected chi connectivity index (χ1v) is 6.96. The third-order valence-electron chi connectivity index (χ3n) is 2.89. The van der Waals surface area contributed by atoms with Gasteiger partial charge in [0.25, 0.3) is 0 Å². The number of morpholine rings is 1. The molecule has 0 aromatic heterocycles. The number of hydrogen-bond acceptors (Lipinski definition) is 3. The summed E-state index contributed by atoms with van der Waals surface area (Å²) in [6.07, 6.45) is 1.74. The molecule has 1 heterocycles. The Bertz CT molecular complexity index is 381. The Labute approximate surface area is 128 Å². The van der Waals surface area contributed by atoms with Gasteiger partial charge in [-0.1, -0.05) is 33.2 Å². The lowest BCUT2D eigenvalue weighted by molar-refractivity contribution is -0.908. The summed E-state index contributed by atoms with van der Waals surface area (Å²) in [4.78, 5) is 6.79. The first kappa shape index (κ1) is 16.4. The minimum Gasteiger partial charge on any atom is -1.00 e. The van der Waals surface area contributed by atoms with E-state index in [2.05, 4.69) is 21.1 Å². The predicted octanol–water partition coefficient (Wildman–Crippen LogP) is -2.28. The minimum absolute atomic E-state index is 0. The quantitative estimate of drug-likeness (QED) is 0.369. The van der Waals surface area contributed by atoms with E-state index in [0.29, 0.717) is 6.61 Å². The number of rotatable bonds is 5. The molecule has 1 fully saturated rings. The highest BCUT2D eigenvalue weighted by Gasteiger charge is 2.12. The van der Waals surface area contributed by atoms with Crippen LogP contribution in [-0.2, 0) is 9.57 Å². The van der Waals surface area contributed by atoms with E-state index in [-0.39, 0.29) is 12.4 Å². The molecule has 1 aliphatic heterocycles. The Hall–Kier alpha value is -0.620. The Morgan fingerprint density at radius 1 is 1.26 bits per heavy atom. The second-order valence-corrected chi connectivity index (χ2v) is 5.15. The molecule has 2 rings (SSSR count). The molecule has 0 spiro atoms. The molecular weight excluding hydrogens is 332 g/mol. The molecular formula is C13H18BrClN2O2. The summed E-state index contributed by atoms with van der Waals surface area (Å²) >= 11 is 3.39. The topological polar surface area (TPSA) is 35.3 Å². The minimum atomic E-state index is 0. The fraction of sp³-hybridized carbons (Fsp3) is 0.462. The van der Waals surface area contributed by atoms with E-state index >= 15 is 0 Å². The number of nitrogens with zero attached hydrogens (tertiary/aromatic N) is 1. The molecule has 0 amide bonds. The van der Waals surface area contributed by atoms with E-state index in [0.717, 1.165) is 42.9 Å². The van der Waals surface area contributed by atoms with Gasteiger partial charge in [0.2, 0.25) is 0 Å². The van der Waals surface area contributed by atoms with Gasteiger partial charge in [0.1, 0.15) is 19.6 Å². The molecule has 0 bridgehead atoms. The van der Waals surface area contributed by atoms with Crippen LogP contribution >= 0.6 is 15.9 Å². The smallest absolute Gasteiger partial charge is 0.165 e. The van der Waals surface area contributed by atoms with Gasteiger partial charge in [0, 0.05) is 4.47 Å². The highest BCUT2D eigenvalue weighted by atomic mass is 79.9. The van der Waals surface area contributed by atoms with Gasteiger partial charge >= 0.3 is 0 Å².